The molecular weight excluding hydrogens is 388 g/mol. The van der Waals surface area contributed by atoms with Gasteiger partial charge in [0.2, 0.25) is 0 Å². The average molecular weight is 408 g/mol. The molecule has 0 amide bonds. The van der Waals surface area contributed by atoms with E-state index in [9.17, 15) is 9.59 Å². The van der Waals surface area contributed by atoms with Crippen molar-refractivity contribution in [3.63, 3.8) is 0 Å². The Kier molecular flexibility index (Phi) is 4.35. The number of aromatic nitrogens is 5. The highest BCUT2D eigenvalue weighted by atomic mass is 16.5. The van der Waals surface area contributed by atoms with Crippen LogP contribution in [0.3, 0.4) is 0 Å². The van der Waals surface area contributed by atoms with Crippen molar-refractivity contribution in [2.45, 2.75) is 6.92 Å². The summed E-state index contributed by atoms with van der Waals surface area (Å²) in [6.45, 7) is 4.79. The summed E-state index contributed by atoms with van der Waals surface area (Å²) in [6.07, 6.45) is 3.02. The summed E-state index contributed by atoms with van der Waals surface area (Å²) in [6, 6.07) is 9.23. The standard InChI is InChI=1S/C20H20N6O4/c1-2-30-19(28)15-9-25(23-22-15)16-8-21-26(14-6-4-3-5-7-14)18(27)17(16)24-10-20(11-24)12-29-13-20/h3-9H,2,10-13H2,1H3. The van der Waals surface area contributed by atoms with Crippen LogP contribution in [0.4, 0.5) is 5.69 Å². The van der Waals surface area contributed by atoms with Crippen LogP contribution >= 0.6 is 0 Å². The Balaban J connectivity index is 1.58. The second-order valence-electron chi connectivity index (χ2n) is 7.55. The Morgan fingerprint density at radius 1 is 1.23 bits per heavy atom. The molecule has 30 heavy (non-hydrogen) atoms. The van der Waals surface area contributed by atoms with Crippen molar-refractivity contribution in [2.75, 3.05) is 37.8 Å². The first-order chi connectivity index (χ1) is 14.6. The van der Waals surface area contributed by atoms with Crippen LogP contribution in [0, 0.1) is 5.41 Å². The molecule has 1 spiro atoms. The molecule has 5 rings (SSSR count). The molecule has 154 valence electrons. The summed E-state index contributed by atoms with van der Waals surface area (Å²) < 4.78 is 13.1. The summed E-state index contributed by atoms with van der Waals surface area (Å²) in [5.41, 5.74) is 1.52. The zero-order chi connectivity index (χ0) is 20.7. The van der Waals surface area contributed by atoms with E-state index in [4.69, 9.17) is 9.47 Å². The van der Waals surface area contributed by atoms with Crippen LogP contribution in [0.1, 0.15) is 17.4 Å². The Morgan fingerprint density at radius 2 is 2.00 bits per heavy atom. The van der Waals surface area contributed by atoms with Gasteiger partial charge in [-0.05, 0) is 19.1 Å². The van der Waals surface area contributed by atoms with E-state index in [2.05, 4.69) is 15.4 Å². The number of para-hydroxylation sites is 1. The number of hydrogen-bond acceptors (Lipinski definition) is 8. The average Bonchev–Trinajstić information content (AvgIpc) is 3.18. The normalized spacial score (nSPS) is 16.8. The molecule has 0 saturated carbocycles. The van der Waals surface area contributed by atoms with E-state index < -0.39 is 5.97 Å². The van der Waals surface area contributed by atoms with Gasteiger partial charge < -0.3 is 14.4 Å². The monoisotopic (exact) mass is 408 g/mol. The number of esters is 1. The molecule has 0 atom stereocenters. The molecule has 2 saturated heterocycles. The molecule has 10 heteroatoms. The third-order valence-electron chi connectivity index (χ3n) is 5.34. The van der Waals surface area contributed by atoms with Crippen LogP contribution in [0.15, 0.2) is 47.5 Å². The van der Waals surface area contributed by atoms with Gasteiger partial charge in [0, 0.05) is 13.1 Å². The predicted molar refractivity (Wildman–Crippen MR) is 106 cm³/mol. The molecule has 3 aromatic rings. The van der Waals surface area contributed by atoms with Gasteiger partial charge in [0.25, 0.3) is 5.56 Å². The number of anilines is 1. The number of carbonyl (C=O) groups is 1. The molecule has 1 aromatic carbocycles. The summed E-state index contributed by atoms with van der Waals surface area (Å²) in [5.74, 6) is -0.564. The lowest BCUT2D eigenvalue weighted by Crippen LogP contribution is -2.67. The molecule has 10 nitrogen and oxygen atoms in total. The fourth-order valence-electron chi connectivity index (χ4n) is 3.83. The van der Waals surface area contributed by atoms with Gasteiger partial charge in [-0.25, -0.2) is 9.48 Å². The molecule has 2 aliphatic rings. The first kappa shape index (κ1) is 18.5. The van der Waals surface area contributed by atoms with E-state index in [0.29, 0.717) is 43.4 Å². The maximum atomic E-state index is 13.4. The lowest BCUT2D eigenvalue weighted by atomic mass is 9.78. The number of rotatable bonds is 5. The van der Waals surface area contributed by atoms with Crippen molar-refractivity contribution in [1.82, 2.24) is 24.8 Å². The van der Waals surface area contributed by atoms with Gasteiger partial charge in [0.05, 0.1) is 43.3 Å². The van der Waals surface area contributed by atoms with Gasteiger partial charge >= 0.3 is 5.97 Å². The van der Waals surface area contributed by atoms with Crippen LogP contribution < -0.4 is 10.5 Å². The largest absolute Gasteiger partial charge is 0.461 e. The minimum Gasteiger partial charge on any atom is -0.461 e. The topological polar surface area (TPSA) is 104 Å². The summed E-state index contributed by atoms with van der Waals surface area (Å²) in [4.78, 5) is 27.4. The quantitative estimate of drug-likeness (QED) is 0.572. The molecule has 0 N–H and O–H groups in total. The van der Waals surface area contributed by atoms with E-state index >= 15 is 0 Å². The summed E-state index contributed by atoms with van der Waals surface area (Å²) in [7, 11) is 0. The van der Waals surface area contributed by atoms with Gasteiger partial charge in [-0.1, -0.05) is 23.4 Å². The molecule has 4 heterocycles. The fraction of sp³-hybridized carbons (Fsp3) is 0.350. The molecule has 2 aliphatic heterocycles. The van der Waals surface area contributed by atoms with Gasteiger partial charge in [0.1, 0.15) is 11.4 Å². The minimum atomic E-state index is -0.564. The maximum absolute atomic E-state index is 13.4. The zero-order valence-electron chi connectivity index (χ0n) is 16.4. The lowest BCUT2D eigenvalue weighted by molar-refractivity contribution is -0.127. The van der Waals surface area contributed by atoms with E-state index in [-0.39, 0.29) is 23.3 Å². The number of benzene rings is 1. The summed E-state index contributed by atoms with van der Waals surface area (Å²) in [5, 5.41) is 12.3. The summed E-state index contributed by atoms with van der Waals surface area (Å²) >= 11 is 0. The van der Waals surface area contributed by atoms with Crippen LogP contribution in [0.25, 0.3) is 11.4 Å². The minimum absolute atomic E-state index is 0.0718. The molecule has 0 radical (unpaired) electrons. The van der Waals surface area contributed by atoms with Gasteiger partial charge in [-0.3, -0.25) is 4.79 Å². The SMILES string of the molecule is CCOC(=O)c1cn(-c2cnn(-c3ccccc3)c(=O)c2N2CC3(COC3)C2)nn1. The van der Waals surface area contributed by atoms with Crippen LogP contribution in [0.5, 0.6) is 0 Å². The van der Waals surface area contributed by atoms with Crippen molar-refractivity contribution in [2.24, 2.45) is 5.41 Å². The van der Waals surface area contributed by atoms with Gasteiger partial charge in [0.15, 0.2) is 5.69 Å². The Bertz CT molecular complexity index is 1140. The van der Waals surface area contributed by atoms with Crippen LogP contribution in [-0.4, -0.2) is 63.7 Å². The van der Waals surface area contributed by atoms with Gasteiger partial charge in [-0.2, -0.15) is 9.78 Å². The smallest absolute Gasteiger partial charge is 0.360 e. The Labute approximate surface area is 171 Å². The zero-order valence-corrected chi connectivity index (χ0v) is 16.4. The van der Waals surface area contributed by atoms with E-state index in [1.54, 1.807) is 13.1 Å². The van der Waals surface area contributed by atoms with Crippen molar-refractivity contribution in [3.8, 4) is 11.4 Å². The highest BCUT2D eigenvalue weighted by Crippen LogP contribution is 2.40. The van der Waals surface area contributed by atoms with Crippen LogP contribution in [-0.2, 0) is 9.47 Å². The molecule has 0 aliphatic carbocycles. The second-order valence-corrected chi connectivity index (χ2v) is 7.55. The molecular formula is C20H20N6O4. The lowest BCUT2D eigenvalue weighted by Gasteiger charge is -2.55. The first-order valence-corrected chi connectivity index (χ1v) is 9.70. The number of ether oxygens (including phenoxy) is 2. The van der Waals surface area contributed by atoms with Crippen molar-refractivity contribution in [3.05, 3.63) is 58.8 Å². The van der Waals surface area contributed by atoms with Crippen molar-refractivity contribution in [1.29, 1.82) is 0 Å². The first-order valence-electron chi connectivity index (χ1n) is 9.70. The van der Waals surface area contributed by atoms with Crippen LogP contribution in [0.2, 0.25) is 0 Å². The highest BCUT2D eigenvalue weighted by molar-refractivity contribution is 5.86. The number of hydrogen-bond donors (Lipinski definition) is 0. The fourth-order valence-corrected chi connectivity index (χ4v) is 3.83. The van der Waals surface area contributed by atoms with E-state index in [1.165, 1.54) is 15.6 Å². The van der Waals surface area contributed by atoms with E-state index in [1.807, 2.05) is 35.2 Å². The number of nitrogens with zero attached hydrogens (tertiary/aromatic N) is 6. The third-order valence-corrected chi connectivity index (χ3v) is 5.34. The van der Waals surface area contributed by atoms with Crippen molar-refractivity contribution >= 4 is 11.7 Å². The molecule has 0 bridgehead atoms. The van der Waals surface area contributed by atoms with Gasteiger partial charge in [-0.15, -0.1) is 5.10 Å². The Hall–Kier alpha value is -3.53. The maximum Gasteiger partial charge on any atom is 0.360 e. The Morgan fingerprint density at radius 3 is 2.67 bits per heavy atom. The highest BCUT2D eigenvalue weighted by Gasteiger charge is 2.50. The van der Waals surface area contributed by atoms with E-state index in [0.717, 1.165) is 0 Å². The predicted octanol–water partition coefficient (Wildman–Crippen LogP) is 0.826. The number of carbonyl (C=O) groups excluding carboxylic acids is 1. The van der Waals surface area contributed by atoms with Crippen molar-refractivity contribution < 1.29 is 14.3 Å². The molecule has 2 aromatic heterocycles. The second kappa shape index (κ2) is 7.06. The molecule has 0 unspecified atom stereocenters. The molecule has 2 fully saturated rings. The third kappa shape index (κ3) is 2.96.